The number of aryl methyl sites for hydroxylation is 1. The third-order valence-electron chi connectivity index (χ3n) is 4.15. The van der Waals surface area contributed by atoms with Crippen LogP contribution in [0.2, 0.25) is 0 Å². The van der Waals surface area contributed by atoms with Crippen molar-refractivity contribution in [3.8, 4) is 0 Å². The van der Waals surface area contributed by atoms with E-state index in [4.69, 9.17) is 5.73 Å². The zero-order valence-electron chi connectivity index (χ0n) is 15.7. The Labute approximate surface area is 181 Å². The van der Waals surface area contributed by atoms with Gasteiger partial charge in [-0.15, -0.1) is 11.8 Å². The van der Waals surface area contributed by atoms with Gasteiger partial charge in [-0.05, 0) is 53.4 Å². The minimum atomic E-state index is -3.88. The molecule has 3 rings (SSSR count). The summed E-state index contributed by atoms with van der Waals surface area (Å²) in [6.45, 7) is 1.66. The molecule has 152 valence electrons. The van der Waals surface area contributed by atoms with Gasteiger partial charge in [0, 0.05) is 4.47 Å². The summed E-state index contributed by atoms with van der Waals surface area (Å²) in [7, 11) is -3.88. The second-order valence-corrected chi connectivity index (χ2v) is 9.76. The van der Waals surface area contributed by atoms with E-state index in [1.807, 2.05) is 13.0 Å². The van der Waals surface area contributed by atoms with Crippen LogP contribution in [-0.2, 0) is 21.2 Å². The molecule has 0 unspecified atom stereocenters. The van der Waals surface area contributed by atoms with Gasteiger partial charge >= 0.3 is 0 Å². The number of nitrogens with zero attached hydrogens (tertiary/aromatic N) is 2. The van der Waals surface area contributed by atoms with Gasteiger partial charge in [-0.25, -0.2) is 13.1 Å². The fourth-order valence-electron chi connectivity index (χ4n) is 2.67. The van der Waals surface area contributed by atoms with Gasteiger partial charge in [0.05, 0.1) is 10.6 Å². The standard InChI is InChI=1S/C19H19BrN4O3S2/c1-12-7-9-13(10-8-12)29(26,27)17-18(21)24(23-19(17)28-2)11-16(25)22-15-6-4-3-5-14(15)20/h3-10H,11,21H2,1-2H3,(H,22,25). The van der Waals surface area contributed by atoms with E-state index in [0.717, 1.165) is 21.8 Å². The van der Waals surface area contributed by atoms with Crippen LogP contribution in [0.15, 0.2) is 67.8 Å². The van der Waals surface area contributed by atoms with Crippen molar-refractivity contribution in [2.24, 2.45) is 0 Å². The molecule has 10 heteroatoms. The fraction of sp³-hybridized carbons (Fsp3) is 0.158. The zero-order chi connectivity index (χ0) is 21.2. The summed E-state index contributed by atoms with van der Waals surface area (Å²) in [5.74, 6) is -0.449. The number of nitrogen functional groups attached to an aromatic ring is 1. The van der Waals surface area contributed by atoms with E-state index in [2.05, 4.69) is 26.3 Å². The van der Waals surface area contributed by atoms with Gasteiger partial charge in [0.25, 0.3) is 0 Å². The number of hydrogen-bond donors (Lipinski definition) is 2. The Morgan fingerprint density at radius 2 is 1.86 bits per heavy atom. The number of rotatable bonds is 6. The molecular formula is C19H19BrN4O3S2. The number of benzene rings is 2. The Hall–Kier alpha value is -2.30. The molecule has 2 aromatic carbocycles. The molecule has 3 aromatic rings. The van der Waals surface area contributed by atoms with Crippen LogP contribution in [-0.4, -0.2) is 30.4 Å². The predicted molar refractivity (Wildman–Crippen MR) is 118 cm³/mol. The number of nitrogens with two attached hydrogens (primary N) is 1. The van der Waals surface area contributed by atoms with Crippen LogP contribution in [0.1, 0.15) is 5.56 Å². The highest BCUT2D eigenvalue weighted by molar-refractivity contribution is 9.10. The van der Waals surface area contributed by atoms with Crippen LogP contribution in [0.3, 0.4) is 0 Å². The van der Waals surface area contributed by atoms with Gasteiger partial charge in [0.2, 0.25) is 15.7 Å². The van der Waals surface area contributed by atoms with Crippen molar-refractivity contribution in [2.75, 3.05) is 17.3 Å². The summed E-state index contributed by atoms with van der Waals surface area (Å²) in [5.41, 5.74) is 7.67. The molecule has 0 saturated heterocycles. The molecule has 1 amide bonds. The minimum Gasteiger partial charge on any atom is -0.383 e. The van der Waals surface area contributed by atoms with Gasteiger partial charge in [-0.1, -0.05) is 29.8 Å². The van der Waals surface area contributed by atoms with Crippen LogP contribution in [0.4, 0.5) is 11.5 Å². The monoisotopic (exact) mass is 494 g/mol. The molecule has 1 aromatic heterocycles. The Morgan fingerprint density at radius 3 is 2.48 bits per heavy atom. The van der Waals surface area contributed by atoms with Crippen LogP contribution in [0, 0.1) is 6.92 Å². The highest BCUT2D eigenvalue weighted by Crippen LogP contribution is 2.34. The summed E-state index contributed by atoms with van der Waals surface area (Å²) in [4.78, 5) is 12.5. The molecule has 0 aliphatic carbocycles. The van der Waals surface area contributed by atoms with Crippen molar-refractivity contribution in [2.45, 2.75) is 28.3 Å². The first-order valence-corrected chi connectivity index (χ1v) is 12.0. The van der Waals surface area contributed by atoms with Crippen molar-refractivity contribution in [1.82, 2.24) is 9.78 Å². The number of nitrogens with one attached hydrogen (secondary N) is 1. The molecule has 0 spiro atoms. The summed E-state index contributed by atoms with van der Waals surface area (Å²) < 4.78 is 28.2. The van der Waals surface area contributed by atoms with Crippen molar-refractivity contribution in [3.63, 3.8) is 0 Å². The molecule has 7 nitrogen and oxygen atoms in total. The lowest BCUT2D eigenvalue weighted by Gasteiger charge is -2.09. The van der Waals surface area contributed by atoms with Gasteiger partial charge in [0.15, 0.2) is 0 Å². The maximum atomic E-state index is 13.1. The largest absolute Gasteiger partial charge is 0.383 e. The third kappa shape index (κ3) is 4.49. The number of para-hydroxylation sites is 1. The second-order valence-electron chi connectivity index (χ2n) is 6.23. The van der Waals surface area contributed by atoms with E-state index in [1.54, 1.807) is 36.6 Å². The van der Waals surface area contributed by atoms with E-state index in [9.17, 15) is 13.2 Å². The first-order valence-electron chi connectivity index (χ1n) is 8.50. The minimum absolute atomic E-state index is 0.0720. The molecule has 0 saturated carbocycles. The number of thioether (sulfide) groups is 1. The van der Waals surface area contributed by atoms with Crippen LogP contribution in [0.5, 0.6) is 0 Å². The number of amides is 1. The SMILES string of the molecule is CSc1nn(CC(=O)Nc2ccccc2Br)c(N)c1S(=O)(=O)c1ccc(C)cc1. The van der Waals surface area contributed by atoms with E-state index < -0.39 is 9.84 Å². The van der Waals surface area contributed by atoms with E-state index in [0.29, 0.717) is 5.69 Å². The first kappa shape index (κ1) is 21.4. The average Bonchev–Trinajstić information content (AvgIpc) is 3.00. The van der Waals surface area contributed by atoms with Crippen LogP contribution in [0.25, 0.3) is 0 Å². The normalized spacial score (nSPS) is 11.4. The molecule has 0 fully saturated rings. The Kier molecular flexibility index (Phi) is 6.35. The van der Waals surface area contributed by atoms with Crippen molar-refractivity contribution in [3.05, 3.63) is 58.6 Å². The number of sulfone groups is 1. The van der Waals surface area contributed by atoms with E-state index in [-0.39, 0.29) is 33.1 Å². The van der Waals surface area contributed by atoms with E-state index in [1.165, 1.54) is 16.8 Å². The van der Waals surface area contributed by atoms with Crippen LogP contribution >= 0.6 is 27.7 Å². The Morgan fingerprint density at radius 1 is 1.21 bits per heavy atom. The molecule has 1 heterocycles. The van der Waals surface area contributed by atoms with Gasteiger partial charge < -0.3 is 11.1 Å². The fourth-order valence-corrected chi connectivity index (χ4v) is 5.48. The van der Waals surface area contributed by atoms with E-state index >= 15 is 0 Å². The lowest BCUT2D eigenvalue weighted by Crippen LogP contribution is -2.21. The number of carbonyl (C=O) groups is 1. The average molecular weight is 495 g/mol. The van der Waals surface area contributed by atoms with Crippen LogP contribution < -0.4 is 11.1 Å². The topological polar surface area (TPSA) is 107 Å². The number of halogens is 1. The lowest BCUT2D eigenvalue weighted by atomic mass is 10.2. The molecule has 0 atom stereocenters. The van der Waals surface area contributed by atoms with Gasteiger partial charge in [-0.2, -0.15) is 5.10 Å². The number of carbonyl (C=O) groups excluding carboxylic acids is 1. The quantitative estimate of drug-likeness (QED) is 0.505. The summed E-state index contributed by atoms with van der Waals surface area (Å²) in [6, 6.07) is 13.7. The summed E-state index contributed by atoms with van der Waals surface area (Å²) >= 11 is 4.52. The second kappa shape index (κ2) is 8.60. The number of anilines is 2. The predicted octanol–water partition coefficient (Wildman–Crippen LogP) is 3.73. The number of hydrogen-bond acceptors (Lipinski definition) is 6. The smallest absolute Gasteiger partial charge is 0.246 e. The van der Waals surface area contributed by atoms with Gasteiger partial charge in [0.1, 0.15) is 22.3 Å². The molecule has 0 bridgehead atoms. The number of aromatic nitrogens is 2. The summed E-state index contributed by atoms with van der Waals surface area (Å²) in [5, 5.41) is 7.24. The Bertz CT molecular complexity index is 1160. The molecule has 0 aliphatic heterocycles. The summed E-state index contributed by atoms with van der Waals surface area (Å²) in [6.07, 6.45) is 1.71. The maximum Gasteiger partial charge on any atom is 0.246 e. The zero-order valence-corrected chi connectivity index (χ0v) is 18.9. The lowest BCUT2D eigenvalue weighted by molar-refractivity contribution is -0.116. The highest BCUT2D eigenvalue weighted by Gasteiger charge is 2.29. The third-order valence-corrected chi connectivity index (χ3v) is 7.48. The van der Waals surface area contributed by atoms with Crippen molar-refractivity contribution >= 4 is 54.9 Å². The molecule has 29 heavy (non-hydrogen) atoms. The van der Waals surface area contributed by atoms with Gasteiger partial charge in [-0.3, -0.25) is 4.79 Å². The molecule has 0 aliphatic rings. The Balaban J connectivity index is 1.93. The molecular weight excluding hydrogens is 476 g/mol. The molecule has 0 radical (unpaired) electrons. The maximum absolute atomic E-state index is 13.1. The van der Waals surface area contributed by atoms with Crippen molar-refractivity contribution in [1.29, 1.82) is 0 Å². The first-order chi connectivity index (χ1) is 13.7. The molecule has 3 N–H and O–H groups in total. The van der Waals surface area contributed by atoms with Crippen molar-refractivity contribution < 1.29 is 13.2 Å². The highest BCUT2D eigenvalue weighted by atomic mass is 79.9.